The first-order chi connectivity index (χ1) is 29.1. The van der Waals surface area contributed by atoms with Crippen molar-refractivity contribution in [3.8, 4) is 56.4 Å². The van der Waals surface area contributed by atoms with Crippen LogP contribution in [0.2, 0.25) is 0 Å². The van der Waals surface area contributed by atoms with Crippen molar-refractivity contribution in [3.05, 3.63) is 234 Å². The third-order valence-electron chi connectivity index (χ3n) is 12.4. The van der Waals surface area contributed by atoms with Gasteiger partial charge in [-0.15, -0.1) is 0 Å². The minimum absolute atomic E-state index is 0.469. The number of rotatable bonds is 6. The van der Waals surface area contributed by atoms with E-state index >= 15 is 0 Å². The topological polar surface area (TPSA) is 38.7 Å². The van der Waals surface area contributed by atoms with Crippen molar-refractivity contribution < 1.29 is 0 Å². The molecular weight excluding hydrogens is 715 g/mol. The van der Waals surface area contributed by atoms with Crippen LogP contribution in [0.4, 0.5) is 0 Å². The molecule has 10 aromatic rings. The molecule has 1 heterocycles. The van der Waals surface area contributed by atoms with Gasteiger partial charge >= 0.3 is 0 Å². The van der Waals surface area contributed by atoms with Gasteiger partial charge in [0.2, 0.25) is 0 Å². The summed E-state index contributed by atoms with van der Waals surface area (Å²) in [6.45, 7) is 4.54. The largest absolute Gasteiger partial charge is 0.208 e. The highest BCUT2D eigenvalue weighted by Gasteiger charge is 2.47. The molecule has 3 nitrogen and oxygen atoms in total. The van der Waals surface area contributed by atoms with Crippen LogP contribution in [0.5, 0.6) is 0 Å². The predicted molar refractivity (Wildman–Crippen MR) is 243 cm³/mol. The summed E-state index contributed by atoms with van der Waals surface area (Å²) in [5.41, 5.74) is 15.1. The van der Waals surface area contributed by atoms with E-state index in [-0.39, 0.29) is 0 Å². The molecule has 0 spiro atoms. The van der Waals surface area contributed by atoms with Gasteiger partial charge in [-0.3, -0.25) is 0 Å². The first-order valence-corrected chi connectivity index (χ1v) is 20.3. The zero-order chi connectivity index (χ0) is 39.5. The normalized spacial score (nSPS) is 12.7. The number of aromatic nitrogens is 3. The van der Waals surface area contributed by atoms with Gasteiger partial charge in [0.1, 0.15) is 0 Å². The number of hydrogen-bond donors (Lipinski definition) is 0. The Kier molecular flexibility index (Phi) is 8.16. The summed E-state index contributed by atoms with van der Waals surface area (Å²) in [4.78, 5) is 15.2. The molecule has 0 atom stereocenters. The van der Waals surface area contributed by atoms with Crippen molar-refractivity contribution in [2.75, 3.05) is 0 Å². The van der Waals surface area contributed by atoms with Crippen molar-refractivity contribution in [1.82, 2.24) is 15.0 Å². The van der Waals surface area contributed by atoms with Crippen LogP contribution in [0.3, 0.4) is 0 Å². The summed E-state index contributed by atoms with van der Waals surface area (Å²) < 4.78 is 0. The fraction of sp³-hybridized carbons (Fsp3) is 0.0536. The Morgan fingerprint density at radius 3 is 1.53 bits per heavy atom. The van der Waals surface area contributed by atoms with E-state index in [2.05, 4.69) is 196 Å². The molecule has 0 radical (unpaired) electrons. The minimum Gasteiger partial charge on any atom is -0.208 e. The van der Waals surface area contributed by atoms with E-state index in [1.54, 1.807) is 0 Å². The van der Waals surface area contributed by atoms with Gasteiger partial charge in [-0.1, -0.05) is 194 Å². The van der Waals surface area contributed by atoms with Crippen LogP contribution < -0.4 is 0 Å². The molecule has 1 aliphatic carbocycles. The summed E-state index contributed by atoms with van der Waals surface area (Å²) >= 11 is 0. The Labute approximate surface area is 344 Å². The molecule has 9 aromatic carbocycles. The van der Waals surface area contributed by atoms with Crippen LogP contribution in [-0.4, -0.2) is 15.0 Å². The maximum Gasteiger partial charge on any atom is 0.164 e. The molecular formula is C56H39N3. The van der Waals surface area contributed by atoms with Gasteiger partial charge in [0, 0.05) is 16.7 Å². The summed E-state index contributed by atoms with van der Waals surface area (Å²) in [6, 6.07) is 71.9. The lowest BCUT2D eigenvalue weighted by Gasteiger charge is -2.36. The molecule has 0 fully saturated rings. The molecule has 0 unspecified atom stereocenters. The van der Waals surface area contributed by atoms with Gasteiger partial charge in [-0.2, -0.15) is 0 Å². The smallest absolute Gasteiger partial charge is 0.164 e. The summed E-state index contributed by atoms with van der Waals surface area (Å²) in [7, 11) is 0. The molecule has 1 aliphatic rings. The molecule has 0 saturated heterocycles. The first-order valence-electron chi connectivity index (χ1n) is 20.3. The van der Waals surface area contributed by atoms with Crippen LogP contribution in [0, 0.1) is 13.8 Å². The fourth-order valence-electron chi connectivity index (χ4n) is 9.61. The van der Waals surface area contributed by atoms with Gasteiger partial charge in [-0.25, -0.2) is 15.0 Å². The van der Waals surface area contributed by atoms with Crippen molar-refractivity contribution in [2.24, 2.45) is 0 Å². The Hall–Kier alpha value is -7.49. The molecule has 0 aliphatic heterocycles. The molecule has 59 heavy (non-hydrogen) atoms. The molecule has 3 heteroatoms. The zero-order valence-corrected chi connectivity index (χ0v) is 32.9. The SMILES string of the molecule is Cc1ccccc1C1(c2cccc(-c3ccc(-c4nc(-c5ccccc5)nc(-c5ccc6c(ccc7ccccc76)c5)n4)cc3)c2C)c2ccccc2-c2ccccc21. The molecule has 0 N–H and O–H groups in total. The van der Waals surface area contributed by atoms with Gasteiger partial charge in [0.05, 0.1) is 5.41 Å². The lowest BCUT2D eigenvalue weighted by atomic mass is 9.65. The van der Waals surface area contributed by atoms with E-state index in [1.807, 2.05) is 18.2 Å². The number of aryl methyl sites for hydroxylation is 1. The van der Waals surface area contributed by atoms with Crippen molar-refractivity contribution >= 4 is 21.5 Å². The monoisotopic (exact) mass is 753 g/mol. The summed E-state index contributed by atoms with van der Waals surface area (Å²) in [5, 5.41) is 4.83. The van der Waals surface area contributed by atoms with Gasteiger partial charge in [0.25, 0.3) is 0 Å². The fourth-order valence-corrected chi connectivity index (χ4v) is 9.61. The Morgan fingerprint density at radius 2 is 0.814 bits per heavy atom. The Morgan fingerprint density at radius 1 is 0.322 bits per heavy atom. The molecule has 0 amide bonds. The van der Waals surface area contributed by atoms with E-state index < -0.39 is 5.41 Å². The lowest BCUT2D eigenvalue weighted by Crippen LogP contribution is -2.30. The average molecular weight is 754 g/mol. The first kappa shape index (κ1) is 34.7. The van der Waals surface area contributed by atoms with Crippen LogP contribution in [0.25, 0.3) is 78.0 Å². The van der Waals surface area contributed by atoms with E-state index in [0.717, 1.165) is 27.6 Å². The maximum absolute atomic E-state index is 5.13. The molecule has 278 valence electrons. The molecule has 11 rings (SSSR count). The number of nitrogens with zero attached hydrogens (tertiary/aromatic N) is 3. The van der Waals surface area contributed by atoms with E-state index in [9.17, 15) is 0 Å². The van der Waals surface area contributed by atoms with Gasteiger partial charge in [0.15, 0.2) is 17.5 Å². The number of fused-ring (bicyclic) bond motifs is 6. The highest BCUT2D eigenvalue weighted by atomic mass is 15.0. The predicted octanol–water partition coefficient (Wildman–Crippen LogP) is 13.8. The second-order valence-corrected chi connectivity index (χ2v) is 15.6. The van der Waals surface area contributed by atoms with Gasteiger partial charge in [-0.05, 0) is 97.1 Å². The quantitative estimate of drug-likeness (QED) is 0.159. The highest BCUT2D eigenvalue weighted by molar-refractivity contribution is 6.08. The third-order valence-corrected chi connectivity index (χ3v) is 12.4. The van der Waals surface area contributed by atoms with Gasteiger partial charge < -0.3 is 0 Å². The van der Waals surface area contributed by atoms with Crippen LogP contribution in [0.15, 0.2) is 200 Å². The van der Waals surface area contributed by atoms with Crippen LogP contribution >= 0.6 is 0 Å². The highest BCUT2D eigenvalue weighted by Crippen LogP contribution is 2.57. The van der Waals surface area contributed by atoms with Crippen molar-refractivity contribution in [1.29, 1.82) is 0 Å². The summed E-state index contributed by atoms with van der Waals surface area (Å²) in [5.74, 6) is 1.94. The molecule has 1 aromatic heterocycles. The lowest BCUT2D eigenvalue weighted by molar-refractivity contribution is 0.754. The van der Waals surface area contributed by atoms with Crippen molar-refractivity contribution in [3.63, 3.8) is 0 Å². The molecule has 0 bridgehead atoms. The van der Waals surface area contributed by atoms with E-state index in [1.165, 1.54) is 66.2 Å². The standard InChI is InChI=1S/C56H39N3/c1-36-15-6-11-23-49(36)56(51-24-12-9-20-47(51)48-21-10-13-25-52(48)56)50-26-14-22-44(37(50)2)39-27-30-41(31-28-39)54-57-53(40-17-4-3-5-18-40)58-55(59-54)43-33-34-46-42(35-43)32-29-38-16-7-8-19-45(38)46/h3-35H,1-2H3. The van der Waals surface area contributed by atoms with E-state index in [4.69, 9.17) is 15.0 Å². The Bertz CT molecular complexity index is 3190. The second kappa shape index (κ2) is 13.9. The average Bonchev–Trinajstić information content (AvgIpc) is 3.60. The van der Waals surface area contributed by atoms with Crippen molar-refractivity contribution in [2.45, 2.75) is 19.3 Å². The van der Waals surface area contributed by atoms with Crippen LogP contribution in [-0.2, 0) is 5.41 Å². The number of hydrogen-bond acceptors (Lipinski definition) is 3. The number of benzene rings is 9. The zero-order valence-electron chi connectivity index (χ0n) is 32.9. The second-order valence-electron chi connectivity index (χ2n) is 15.6. The van der Waals surface area contributed by atoms with Crippen LogP contribution in [0.1, 0.15) is 33.4 Å². The third kappa shape index (κ3) is 5.54. The minimum atomic E-state index is -0.469. The maximum atomic E-state index is 5.13. The van der Waals surface area contributed by atoms with E-state index in [0.29, 0.717) is 17.5 Å². The molecule has 0 saturated carbocycles. The summed E-state index contributed by atoms with van der Waals surface area (Å²) in [6.07, 6.45) is 0. The Balaban J connectivity index is 1.03.